The molecule has 138 valence electrons. The van der Waals surface area contributed by atoms with Crippen LogP contribution >= 0.6 is 0 Å². The number of rotatable bonds is 5. The van der Waals surface area contributed by atoms with Crippen molar-refractivity contribution < 1.29 is 13.9 Å². The van der Waals surface area contributed by atoms with E-state index in [-0.39, 0.29) is 11.7 Å². The van der Waals surface area contributed by atoms with E-state index in [4.69, 9.17) is 4.74 Å². The minimum Gasteiger partial charge on any atom is -0.495 e. The molecule has 5 nitrogen and oxygen atoms in total. The number of carbonyl (C=O) groups is 1. The van der Waals surface area contributed by atoms with Crippen molar-refractivity contribution in [3.05, 3.63) is 53.8 Å². The van der Waals surface area contributed by atoms with Crippen LogP contribution in [-0.4, -0.2) is 50.6 Å². The van der Waals surface area contributed by atoms with E-state index in [0.717, 1.165) is 5.56 Å². The fourth-order valence-corrected chi connectivity index (χ4v) is 3.17. The number of benzene rings is 2. The number of nitrogens with one attached hydrogen (secondary N) is 1. The van der Waals surface area contributed by atoms with Crippen molar-refractivity contribution in [3.8, 4) is 5.75 Å². The number of hydrogen-bond acceptors (Lipinski definition) is 4. The van der Waals surface area contributed by atoms with Crippen LogP contribution in [0.4, 0.5) is 15.8 Å². The molecule has 1 amide bonds. The maximum absolute atomic E-state index is 13.9. The van der Waals surface area contributed by atoms with Gasteiger partial charge in [-0.25, -0.2) is 4.39 Å². The second kappa shape index (κ2) is 8.19. The highest BCUT2D eigenvalue weighted by molar-refractivity contribution is 5.93. The van der Waals surface area contributed by atoms with Crippen LogP contribution in [0.15, 0.2) is 42.5 Å². The molecule has 0 bridgehead atoms. The van der Waals surface area contributed by atoms with Crippen LogP contribution in [0.2, 0.25) is 0 Å². The Morgan fingerprint density at radius 1 is 1.15 bits per heavy atom. The van der Waals surface area contributed by atoms with Crippen molar-refractivity contribution in [2.45, 2.75) is 6.92 Å². The lowest BCUT2D eigenvalue weighted by Crippen LogP contribution is -2.48. The van der Waals surface area contributed by atoms with E-state index in [2.05, 4.69) is 10.2 Å². The molecule has 3 rings (SSSR count). The minimum absolute atomic E-state index is 0.0757. The highest BCUT2D eigenvalue weighted by atomic mass is 19.1. The molecule has 1 aliphatic heterocycles. The fraction of sp³-hybridized carbons (Fsp3) is 0.350. The van der Waals surface area contributed by atoms with Gasteiger partial charge in [0.2, 0.25) is 5.91 Å². The summed E-state index contributed by atoms with van der Waals surface area (Å²) < 4.78 is 19.2. The molecular weight excluding hydrogens is 333 g/mol. The van der Waals surface area contributed by atoms with Gasteiger partial charge in [0.15, 0.2) is 0 Å². The van der Waals surface area contributed by atoms with Gasteiger partial charge >= 0.3 is 0 Å². The summed E-state index contributed by atoms with van der Waals surface area (Å²) in [6.07, 6.45) is 0. The molecule has 1 aliphatic rings. The smallest absolute Gasteiger partial charge is 0.238 e. The van der Waals surface area contributed by atoms with Gasteiger partial charge in [-0.2, -0.15) is 0 Å². The monoisotopic (exact) mass is 357 g/mol. The van der Waals surface area contributed by atoms with E-state index in [1.54, 1.807) is 19.2 Å². The Kier molecular flexibility index (Phi) is 5.73. The number of amides is 1. The first-order valence-corrected chi connectivity index (χ1v) is 8.73. The molecule has 26 heavy (non-hydrogen) atoms. The van der Waals surface area contributed by atoms with Crippen molar-refractivity contribution in [1.29, 1.82) is 0 Å². The Morgan fingerprint density at radius 3 is 2.58 bits per heavy atom. The van der Waals surface area contributed by atoms with Crippen molar-refractivity contribution in [3.63, 3.8) is 0 Å². The molecule has 0 atom stereocenters. The van der Waals surface area contributed by atoms with Gasteiger partial charge in [0.05, 0.1) is 25.0 Å². The number of halogens is 1. The molecule has 1 N–H and O–H groups in total. The van der Waals surface area contributed by atoms with Crippen molar-refractivity contribution in [2.24, 2.45) is 0 Å². The number of carbonyl (C=O) groups excluding carboxylic acids is 1. The molecule has 0 spiro atoms. The zero-order valence-electron chi connectivity index (χ0n) is 15.2. The SMILES string of the molecule is COc1ccc(C)cc1NC(=O)CN1CCN(c2ccccc2F)CC1. The van der Waals surface area contributed by atoms with Gasteiger partial charge in [0.25, 0.3) is 0 Å². The third kappa shape index (κ3) is 4.32. The first-order valence-electron chi connectivity index (χ1n) is 8.73. The van der Waals surface area contributed by atoms with Crippen LogP contribution in [0.3, 0.4) is 0 Å². The zero-order chi connectivity index (χ0) is 18.5. The van der Waals surface area contributed by atoms with Crippen molar-refractivity contribution in [1.82, 2.24) is 4.90 Å². The molecule has 1 heterocycles. The Morgan fingerprint density at radius 2 is 1.88 bits per heavy atom. The first-order chi connectivity index (χ1) is 12.6. The normalized spacial score (nSPS) is 15.0. The number of ether oxygens (including phenoxy) is 1. The Hall–Kier alpha value is -2.60. The maximum atomic E-state index is 13.9. The van der Waals surface area contributed by atoms with Crippen LogP contribution < -0.4 is 15.0 Å². The highest BCUT2D eigenvalue weighted by Gasteiger charge is 2.21. The summed E-state index contributed by atoms with van der Waals surface area (Å²) in [7, 11) is 1.59. The average Bonchev–Trinajstić information content (AvgIpc) is 2.63. The third-order valence-electron chi connectivity index (χ3n) is 4.56. The molecule has 2 aromatic rings. The summed E-state index contributed by atoms with van der Waals surface area (Å²) in [5.74, 6) is 0.367. The lowest BCUT2D eigenvalue weighted by atomic mass is 10.2. The number of nitrogens with zero attached hydrogens (tertiary/aromatic N) is 2. The molecular formula is C20H24FN3O2. The van der Waals surface area contributed by atoms with Gasteiger partial charge in [-0.15, -0.1) is 0 Å². The lowest BCUT2D eigenvalue weighted by molar-refractivity contribution is -0.117. The zero-order valence-corrected chi connectivity index (χ0v) is 15.2. The fourth-order valence-electron chi connectivity index (χ4n) is 3.17. The van der Waals surface area contributed by atoms with E-state index in [0.29, 0.717) is 49.8 Å². The van der Waals surface area contributed by atoms with Gasteiger partial charge < -0.3 is 15.0 Å². The minimum atomic E-state index is -0.203. The predicted molar refractivity (Wildman–Crippen MR) is 101 cm³/mol. The van der Waals surface area contributed by atoms with E-state index < -0.39 is 0 Å². The number of hydrogen-bond donors (Lipinski definition) is 1. The van der Waals surface area contributed by atoms with E-state index in [1.165, 1.54) is 6.07 Å². The second-order valence-corrected chi connectivity index (χ2v) is 6.47. The Bertz CT molecular complexity index is 773. The summed E-state index contributed by atoms with van der Waals surface area (Å²) in [4.78, 5) is 16.5. The predicted octanol–water partition coefficient (Wildman–Crippen LogP) is 2.90. The maximum Gasteiger partial charge on any atom is 0.238 e. The van der Waals surface area contributed by atoms with Crippen molar-refractivity contribution in [2.75, 3.05) is 50.1 Å². The summed E-state index contributed by atoms with van der Waals surface area (Å²) in [5.41, 5.74) is 2.36. The van der Waals surface area contributed by atoms with Crippen LogP contribution in [-0.2, 0) is 4.79 Å². The molecule has 6 heteroatoms. The number of methoxy groups -OCH3 is 1. The Labute approximate surface area is 153 Å². The van der Waals surface area contributed by atoms with Gasteiger partial charge in [-0.1, -0.05) is 18.2 Å². The molecule has 0 aliphatic carbocycles. The average molecular weight is 357 g/mol. The third-order valence-corrected chi connectivity index (χ3v) is 4.56. The molecule has 0 unspecified atom stereocenters. The Balaban J connectivity index is 1.54. The number of para-hydroxylation sites is 1. The van der Waals surface area contributed by atoms with E-state index in [1.807, 2.05) is 36.1 Å². The number of aryl methyl sites for hydroxylation is 1. The molecule has 0 aromatic heterocycles. The van der Waals surface area contributed by atoms with Gasteiger partial charge in [-0.05, 0) is 36.8 Å². The van der Waals surface area contributed by atoms with Gasteiger partial charge in [-0.3, -0.25) is 9.69 Å². The second-order valence-electron chi connectivity index (χ2n) is 6.47. The molecule has 1 saturated heterocycles. The number of piperazine rings is 1. The van der Waals surface area contributed by atoms with Crippen LogP contribution in [0.1, 0.15) is 5.56 Å². The first kappa shape index (κ1) is 18.2. The summed E-state index contributed by atoms with van der Waals surface area (Å²) in [6, 6.07) is 12.5. The van der Waals surface area contributed by atoms with Crippen LogP contribution in [0.5, 0.6) is 5.75 Å². The molecule has 0 saturated carbocycles. The summed E-state index contributed by atoms with van der Waals surface area (Å²) in [5, 5.41) is 2.92. The quantitative estimate of drug-likeness (QED) is 0.894. The largest absolute Gasteiger partial charge is 0.495 e. The van der Waals surface area contributed by atoms with Gasteiger partial charge in [0.1, 0.15) is 11.6 Å². The molecule has 1 fully saturated rings. The summed E-state index contributed by atoms with van der Waals surface area (Å²) >= 11 is 0. The number of anilines is 2. The van der Waals surface area contributed by atoms with Gasteiger partial charge in [0, 0.05) is 26.2 Å². The van der Waals surface area contributed by atoms with Crippen LogP contribution in [0.25, 0.3) is 0 Å². The lowest BCUT2D eigenvalue weighted by Gasteiger charge is -2.35. The highest BCUT2D eigenvalue weighted by Crippen LogP contribution is 2.25. The standard InChI is InChI=1S/C20H24FN3O2/c1-15-7-8-19(26-2)17(13-15)22-20(25)14-23-9-11-24(12-10-23)18-6-4-3-5-16(18)21/h3-8,13H,9-12,14H2,1-2H3,(H,22,25). The summed E-state index contributed by atoms with van der Waals surface area (Å²) in [6.45, 7) is 5.10. The molecule has 0 radical (unpaired) electrons. The van der Waals surface area contributed by atoms with E-state index in [9.17, 15) is 9.18 Å². The van der Waals surface area contributed by atoms with E-state index >= 15 is 0 Å². The molecule has 2 aromatic carbocycles. The van der Waals surface area contributed by atoms with Crippen molar-refractivity contribution >= 4 is 17.3 Å². The van der Waals surface area contributed by atoms with Crippen LogP contribution in [0, 0.1) is 12.7 Å². The topological polar surface area (TPSA) is 44.8 Å².